The van der Waals surface area contributed by atoms with Gasteiger partial charge in [-0.1, -0.05) is 0 Å². The highest BCUT2D eigenvalue weighted by atomic mass is 19.1. The number of likely N-dealkylation sites (N-methyl/N-ethyl adjacent to an activating group) is 1. The number of halogens is 1. The van der Waals surface area contributed by atoms with E-state index in [1.54, 1.807) is 31.3 Å². The molecule has 2 aromatic heterocycles. The number of nitrogens with zero attached hydrogens (tertiary/aromatic N) is 3. The van der Waals surface area contributed by atoms with Crippen LogP contribution in [-0.2, 0) is 11.3 Å². The molecule has 2 heterocycles. The number of pyridine rings is 1. The van der Waals surface area contributed by atoms with Gasteiger partial charge in [-0.25, -0.2) is 14.1 Å². The Morgan fingerprint density at radius 1 is 1.15 bits per heavy atom. The van der Waals surface area contributed by atoms with Gasteiger partial charge in [0.25, 0.3) is 5.56 Å². The van der Waals surface area contributed by atoms with Crippen molar-refractivity contribution in [3.8, 4) is 22.9 Å². The molecule has 0 atom stereocenters. The Balaban J connectivity index is 1.77. The Morgan fingerprint density at radius 2 is 1.93 bits per heavy atom. The van der Waals surface area contributed by atoms with Gasteiger partial charge in [0.1, 0.15) is 18.1 Å². The van der Waals surface area contributed by atoms with E-state index in [1.807, 2.05) is 0 Å². The van der Waals surface area contributed by atoms with Crippen LogP contribution in [0, 0.1) is 5.82 Å². The molecular formula is C19H17FN4O3. The molecule has 0 aliphatic heterocycles. The first kappa shape index (κ1) is 18.2. The first-order chi connectivity index (χ1) is 13.0. The van der Waals surface area contributed by atoms with Crippen LogP contribution >= 0.6 is 0 Å². The molecule has 27 heavy (non-hydrogen) atoms. The van der Waals surface area contributed by atoms with Crippen molar-refractivity contribution in [3.63, 3.8) is 0 Å². The topological polar surface area (TPSA) is 86.1 Å². The second-order valence-corrected chi connectivity index (χ2v) is 5.61. The molecule has 8 heteroatoms. The summed E-state index contributed by atoms with van der Waals surface area (Å²) in [5.41, 5.74) is 0.792. The molecule has 0 aliphatic rings. The molecule has 1 aromatic carbocycles. The summed E-state index contributed by atoms with van der Waals surface area (Å²) in [7, 11) is 0. The summed E-state index contributed by atoms with van der Waals surface area (Å²) in [5, 5.41) is 6.83. The minimum Gasteiger partial charge on any atom is -0.439 e. The van der Waals surface area contributed by atoms with Crippen LogP contribution in [0.2, 0.25) is 0 Å². The van der Waals surface area contributed by atoms with Gasteiger partial charge in [-0.2, -0.15) is 5.10 Å². The molecule has 0 bridgehead atoms. The predicted molar refractivity (Wildman–Crippen MR) is 96.9 cm³/mol. The molecule has 1 amide bonds. The minimum absolute atomic E-state index is 0.153. The van der Waals surface area contributed by atoms with E-state index in [2.05, 4.69) is 15.4 Å². The maximum atomic E-state index is 12.9. The Kier molecular flexibility index (Phi) is 5.55. The highest BCUT2D eigenvalue weighted by Gasteiger charge is 2.08. The smallest absolute Gasteiger partial charge is 0.267 e. The van der Waals surface area contributed by atoms with Crippen molar-refractivity contribution >= 4 is 5.91 Å². The maximum Gasteiger partial charge on any atom is 0.267 e. The summed E-state index contributed by atoms with van der Waals surface area (Å²) >= 11 is 0. The fraction of sp³-hybridized carbons (Fsp3) is 0.158. The number of rotatable bonds is 6. The van der Waals surface area contributed by atoms with Crippen LogP contribution in [0.1, 0.15) is 6.92 Å². The summed E-state index contributed by atoms with van der Waals surface area (Å²) in [6.07, 6.45) is 1.54. The summed E-state index contributed by atoms with van der Waals surface area (Å²) in [6, 6.07) is 11.9. The van der Waals surface area contributed by atoms with Crippen LogP contribution in [0.15, 0.2) is 59.5 Å². The SMILES string of the molecule is CCNC(=O)Cn1nc(-c2ccc(Oc3ccc(F)cc3)nc2)ccc1=O. The predicted octanol–water partition coefficient (Wildman–Crippen LogP) is 2.37. The molecule has 0 saturated carbocycles. The van der Waals surface area contributed by atoms with Crippen LogP contribution in [0.25, 0.3) is 11.3 Å². The number of amides is 1. The normalized spacial score (nSPS) is 10.4. The zero-order valence-electron chi connectivity index (χ0n) is 14.6. The number of carbonyl (C=O) groups is 1. The van der Waals surface area contributed by atoms with Crippen molar-refractivity contribution in [2.24, 2.45) is 0 Å². The van der Waals surface area contributed by atoms with Gasteiger partial charge in [0.2, 0.25) is 11.8 Å². The Bertz CT molecular complexity index is 985. The lowest BCUT2D eigenvalue weighted by atomic mass is 10.2. The Hall–Kier alpha value is -3.55. The molecular weight excluding hydrogens is 351 g/mol. The van der Waals surface area contributed by atoms with Gasteiger partial charge in [-0.05, 0) is 43.3 Å². The lowest BCUT2D eigenvalue weighted by Gasteiger charge is -2.08. The van der Waals surface area contributed by atoms with E-state index in [0.717, 1.165) is 4.68 Å². The summed E-state index contributed by atoms with van der Waals surface area (Å²) in [6.45, 7) is 2.12. The summed E-state index contributed by atoms with van der Waals surface area (Å²) in [4.78, 5) is 27.8. The fourth-order valence-corrected chi connectivity index (χ4v) is 2.32. The van der Waals surface area contributed by atoms with Crippen LogP contribution in [0.4, 0.5) is 4.39 Å². The molecule has 0 radical (unpaired) electrons. The van der Waals surface area contributed by atoms with E-state index >= 15 is 0 Å². The largest absolute Gasteiger partial charge is 0.439 e. The van der Waals surface area contributed by atoms with Crippen molar-refractivity contribution in [2.45, 2.75) is 13.5 Å². The summed E-state index contributed by atoms with van der Waals surface area (Å²) < 4.78 is 19.6. The molecule has 7 nitrogen and oxygen atoms in total. The number of hydrogen-bond acceptors (Lipinski definition) is 5. The number of aromatic nitrogens is 3. The van der Waals surface area contributed by atoms with Gasteiger partial charge in [-0.3, -0.25) is 9.59 Å². The number of ether oxygens (including phenoxy) is 1. The third-order valence-electron chi connectivity index (χ3n) is 3.60. The molecule has 3 rings (SSSR count). The second-order valence-electron chi connectivity index (χ2n) is 5.61. The third-order valence-corrected chi connectivity index (χ3v) is 3.60. The van der Waals surface area contributed by atoms with Gasteiger partial charge < -0.3 is 10.1 Å². The molecule has 0 aliphatic carbocycles. The van der Waals surface area contributed by atoms with Crippen molar-refractivity contribution in [1.82, 2.24) is 20.1 Å². The van der Waals surface area contributed by atoms with E-state index in [4.69, 9.17) is 4.74 Å². The van der Waals surface area contributed by atoms with Crippen molar-refractivity contribution < 1.29 is 13.9 Å². The molecule has 3 aromatic rings. The number of benzene rings is 1. The highest BCUT2D eigenvalue weighted by molar-refractivity contribution is 5.75. The Labute approximate surface area is 154 Å². The van der Waals surface area contributed by atoms with Crippen LogP contribution in [-0.4, -0.2) is 27.2 Å². The molecule has 0 saturated heterocycles. The molecule has 138 valence electrons. The van der Waals surface area contributed by atoms with E-state index in [0.29, 0.717) is 29.4 Å². The zero-order valence-corrected chi connectivity index (χ0v) is 14.6. The van der Waals surface area contributed by atoms with E-state index in [9.17, 15) is 14.0 Å². The Morgan fingerprint density at radius 3 is 2.59 bits per heavy atom. The number of carbonyl (C=O) groups excluding carboxylic acids is 1. The van der Waals surface area contributed by atoms with Gasteiger partial charge in [0.05, 0.1) is 5.69 Å². The zero-order chi connectivity index (χ0) is 19.2. The first-order valence-corrected chi connectivity index (χ1v) is 8.30. The highest BCUT2D eigenvalue weighted by Crippen LogP contribution is 2.22. The van der Waals surface area contributed by atoms with Gasteiger partial charge in [0, 0.05) is 30.4 Å². The van der Waals surface area contributed by atoms with Crippen LogP contribution in [0.5, 0.6) is 11.6 Å². The van der Waals surface area contributed by atoms with Crippen LogP contribution < -0.4 is 15.6 Å². The van der Waals surface area contributed by atoms with Crippen molar-refractivity contribution in [2.75, 3.05) is 6.54 Å². The minimum atomic E-state index is -0.366. The van der Waals surface area contributed by atoms with E-state index < -0.39 is 0 Å². The standard InChI is InChI=1S/C19H17FN4O3/c1-2-21-17(25)12-24-19(26)10-8-16(23-24)13-3-9-18(22-11-13)27-15-6-4-14(20)5-7-15/h3-11H,2,12H2,1H3,(H,21,25). The maximum absolute atomic E-state index is 12.9. The van der Waals surface area contributed by atoms with Crippen molar-refractivity contribution in [1.29, 1.82) is 0 Å². The van der Waals surface area contributed by atoms with Gasteiger partial charge >= 0.3 is 0 Å². The van der Waals surface area contributed by atoms with Gasteiger partial charge in [-0.15, -0.1) is 0 Å². The van der Waals surface area contributed by atoms with E-state index in [-0.39, 0.29) is 23.8 Å². The molecule has 0 spiro atoms. The molecule has 1 N–H and O–H groups in total. The second kappa shape index (κ2) is 8.22. The lowest BCUT2D eigenvalue weighted by molar-refractivity contribution is -0.121. The molecule has 0 unspecified atom stereocenters. The number of hydrogen-bond donors (Lipinski definition) is 1. The monoisotopic (exact) mass is 368 g/mol. The first-order valence-electron chi connectivity index (χ1n) is 8.30. The third kappa shape index (κ3) is 4.75. The van der Waals surface area contributed by atoms with Crippen molar-refractivity contribution in [3.05, 3.63) is 70.9 Å². The van der Waals surface area contributed by atoms with Gasteiger partial charge in [0.15, 0.2) is 0 Å². The quantitative estimate of drug-likeness (QED) is 0.722. The lowest BCUT2D eigenvalue weighted by Crippen LogP contribution is -2.33. The summed E-state index contributed by atoms with van der Waals surface area (Å²) in [5.74, 6) is 0.163. The average Bonchev–Trinajstić information content (AvgIpc) is 2.66. The average molecular weight is 368 g/mol. The van der Waals surface area contributed by atoms with Crippen LogP contribution in [0.3, 0.4) is 0 Å². The van der Waals surface area contributed by atoms with E-state index in [1.165, 1.54) is 30.3 Å². The fourth-order valence-electron chi connectivity index (χ4n) is 2.32. The molecule has 0 fully saturated rings. The number of nitrogens with one attached hydrogen (secondary N) is 1.